The Kier molecular flexibility index (Phi) is 5.26. The third-order valence-electron chi connectivity index (χ3n) is 4.94. The number of carbonyl (C=O) groups excluding carboxylic acids is 2. The Bertz CT molecular complexity index is 1200. The summed E-state index contributed by atoms with van der Waals surface area (Å²) in [6, 6.07) is 14.6. The molecule has 9 heteroatoms. The first-order valence-electron chi connectivity index (χ1n) is 9.15. The van der Waals surface area contributed by atoms with Crippen LogP contribution in [0.5, 0.6) is 5.75 Å². The number of nitro groups is 1. The van der Waals surface area contributed by atoms with Crippen LogP contribution < -0.4 is 9.64 Å². The van der Waals surface area contributed by atoms with Crippen LogP contribution in [0.3, 0.4) is 0 Å². The lowest BCUT2D eigenvalue weighted by atomic mass is 9.99. The van der Waals surface area contributed by atoms with Crippen molar-refractivity contribution in [2.45, 2.75) is 6.04 Å². The highest BCUT2D eigenvalue weighted by atomic mass is 32.1. The van der Waals surface area contributed by atoms with E-state index in [-0.39, 0.29) is 16.8 Å². The van der Waals surface area contributed by atoms with E-state index in [4.69, 9.17) is 4.74 Å². The Morgan fingerprint density at radius 2 is 1.87 bits per heavy atom. The van der Waals surface area contributed by atoms with Gasteiger partial charge in [0.05, 0.1) is 17.6 Å². The molecule has 1 amide bonds. The number of ketones is 1. The molecule has 1 unspecified atom stereocenters. The van der Waals surface area contributed by atoms with Gasteiger partial charge in [-0.05, 0) is 35.7 Å². The van der Waals surface area contributed by atoms with Gasteiger partial charge in [-0.15, -0.1) is 11.3 Å². The van der Waals surface area contributed by atoms with Crippen molar-refractivity contribution in [2.75, 3.05) is 12.0 Å². The fraction of sp³-hybridized carbons (Fsp3) is 0.0909. The monoisotopic (exact) mass is 436 g/mol. The first-order valence-corrected chi connectivity index (χ1v) is 10.0. The zero-order valence-corrected chi connectivity index (χ0v) is 17.0. The average Bonchev–Trinajstić information content (AvgIpc) is 3.40. The smallest absolute Gasteiger partial charge is 0.300 e. The number of hydrogen-bond donors (Lipinski definition) is 1. The Hall–Kier alpha value is -3.98. The lowest BCUT2D eigenvalue weighted by molar-refractivity contribution is -0.384. The number of thiophene rings is 1. The lowest BCUT2D eigenvalue weighted by Crippen LogP contribution is -2.29. The average molecular weight is 436 g/mol. The molecule has 156 valence electrons. The summed E-state index contributed by atoms with van der Waals surface area (Å²) < 4.78 is 5.15. The molecule has 2 aromatic carbocycles. The minimum atomic E-state index is -0.868. The summed E-state index contributed by atoms with van der Waals surface area (Å²) in [7, 11) is 1.52. The van der Waals surface area contributed by atoms with Gasteiger partial charge >= 0.3 is 0 Å². The second-order valence-electron chi connectivity index (χ2n) is 6.69. The fourth-order valence-corrected chi connectivity index (χ4v) is 4.30. The largest absolute Gasteiger partial charge is 0.507 e. The van der Waals surface area contributed by atoms with Crippen LogP contribution >= 0.6 is 11.3 Å². The molecule has 0 spiro atoms. The van der Waals surface area contributed by atoms with Crippen molar-refractivity contribution in [3.8, 4) is 5.75 Å². The Balaban J connectivity index is 1.89. The van der Waals surface area contributed by atoms with Gasteiger partial charge in [0, 0.05) is 28.3 Å². The van der Waals surface area contributed by atoms with Gasteiger partial charge in [-0.2, -0.15) is 0 Å². The van der Waals surface area contributed by atoms with Gasteiger partial charge in [0.25, 0.3) is 17.4 Å². The van der Waals surface area contributed by atoms with Crippen molar-refractivity contribution in [2.24, 2.45) is 0 Å². The second-order valence-corrected chi connectivity index (χ2v) is 7.67. The number of anilines is 1. The summed E-state index contributed by atoms with van der Waals surface area (Å²) in [5.41, 5.74) is 0.188. The molecule has 0 saturated carbocycles. The number of non-ortho nitro benzene ring substituents is 1. The standard InChI is InChI=1S/C22H16N2O6S/c1-30-16-9-7-14(8-10-16)23-19(17-6-3-11-31-17)18(21(26)22(23)27)20(25)13-4-2-5-15(12-13)24(28)29/h2-12,19,25H,1H3/b20-18-. The summed E-state index contributed by atoms with van der Waals surface area (Å²) in [6.07, 6.45) is 0. The Morgan fingerprint density at radius 1 is 1.13 bits per heavy atom. The predicted molar refractivity (Wildman–Crippen MR) is 115 cm³/mol. The van der Waals surface area contributed by atoms with E-state index in [1.165, 1.54) is 47.6 Å². The molecule has 8 nitrogen and oxygen atoms in total. The number of aliphatic hydroxyl groups excluding tert-OH is 1. The van der Waals surface area contributed by atoms with Gasteiger partial charge in [-0.3, -0.25) is 24.6 Å². The number of nitrogens with zero attached hydrogens (tertiary/aromatic N) is 2. The summed E-state index contributed by atoms with van der Waals surface area (Å²) in [5.74, 6) is -1.53. The van der Waals surface area contributed by atoms with Crippen molar-refractivity contribution in [3.05, 3.63) is 92.2 Å². The predicted octanol–water partition coefficient (Wildman–Crippen LogP) is 4.29. The third-order valence-corrected chi connectivity index (χ3v) is 5.86. The highest BCUT2D eigenvalue weighted by molar-refractivity contribution is 7.10. The third kappa shape index (κ3) is 3.55. The van der Waals surface area contributed by atoms with Gasteiger partial charge in [0.2, 0.25) is 0 Å². The fourth-order valence-electron chi connectivity index (χ4n) is 3.48. The topological polar surface area (TPSA) is 110 Å². The van der Waals surface area contributed by atoms with Crippen LogP contribution in [0.15, 0.2) is 71.6 Å². The van der Waals surface area contributed by atoms with E-state index in [2.05, 4.69) is 0 Å². The van der Waals surface area contributed by atoms with Crippen LogP contribution in [0.25, 0.3) is 5.76 Å². The Morgan fingerprint density at radius 3 is 2.48 bits per heavy atom. The minimum absolute atomic E-state index is 0.0866. The van der Waals surface area contributed by atoms with E-state index >= 15 is 0 Å². The Labute approximate surface area is 180 Å². The number of rotatable bonds is 5. The molecule has 1 aliphatic rings. The number of methoxy groups -OCH3 is 1. The zero-order chi connectivity index (χ0) is 22.1. The number of amides is 1. The molecule has 3 aromatic rings. The van der Waals surface area contributed by atoms with Gasteiger partial charge in [0.15, 0.2) is 0 Å². The molecule has 0 radical (unpaired) electrons. The number of nitro benzene ring substituents is 1. The highest BCUT2D eigenvalue weighted by Crippen LogP contribution is 2.43. The lowest BCUT2D eigenvalue weighted by Gasteiger charge is -2.24. The molecule has 1 aromatic heterocycles. The molecule has 4 rings (SSSR count). The van der Waals surface area contributed by atoms with E-state index in [0.29, 0.717) is 16.3 Å². The van der Waals surface area contributed by atoms with Crippen molar-refractivity contribution in [1.82, 2.24) is 0 Å². The molecular formula is C22H16N2O6S. The molecule has 1 atom stereocenters. The molecule has 1 aliphatic heterocycles. The number of Topliss-reactive ketones (excluding diaryl/α,β-unsaturated/α-hetero) is 1. The normalized spacial score (nSPS) is 17.7. The number of ether oxygens (including phenoxy) is 1. The van der Waals surface area contributed by atoms with Crippen molar-refractivity contribution >= 4 is 40.2 Å². The van der Waals surface area contributed by atoms with E-state index in [1.807, 2.05) is 0 Å². The maximum absolute atomic E-state index is 13.0. The molecule has 1 saturated heterocycles. The zero-order valence-electron chi connectivity index (χ0n) is 16.2. The molecule has 31 heavy (non-hydrogen) atoms. The van der Waals surface area contributed by atoms with E-state index in [9.17, 15) is 24.8 Å². The minimum Gasteiger partial charge on any atom is -0.507 e. The van der Waals surface area contributed by atoms with E-state index < -0.39 is 28.4 Å². The van der Waals surface area contributed by atoms with Crippen LogP contribution in [-0.4, -0.2) is 28.8 Å². The summed E-state index contributed by atoms with van der Waals surface area (Å²) in [6.45, 7) is 0. The highest BCUT2D eigenvalue weighted by Gasteiger charge is 2.47. The van der Waals surface area contributed by atoms with E-state index in [1.54, 1.807) is 41.8 Å². The summed E-state index contributed by atoms with van der Waals surface area (Å²) >= 11 is 1.33. The summed E-state index contributed by atoms with van der Waals surface area (Å²) in [4.78, 5) is 38.5. The second kappa shape index (κ2) is 8.04. The van der Waals surface area contributed by atoms with Crippen LogP contribution in [-0.2, 0) is 9.59 Å². The van der Waals surface area contributed by atoms with Crippen LogP contribution in [0, 0.1) is 10.1 Å². The number of hydrogen-bond acceptors (Lipinski definition) is 7. The first kappa shape index (κ1) is 20.3. The van der Waals surface area contributed by atoms with Crippen LogP contribution in [0.1, 0.15) is 16.5 Å². The molecule has 1 N–H and O–H groups in total. The number of aliphatic hydroxyl groups is 1. The van der Waals surface area contributed by atoms with Crippen molar-refractivity contribution in [1.29, 1.82) is 0 Å². The first-order chi connectivity index (χ1) is 14.9. The quantitative estimate of drug-likeness (QED) is 0.210. The summed E-state index contributed by atoms with van der Waals surface area (Å²) in [5, 5.41) is 23.9. The van der Waals surface area contributed by atoms with Gasteiger partial charge in [0.1, 0.15) is 17.6 Å². The molecule has 0 aliphatic carbocycles. The van der Waals surface area contributed by atoms with Gasteiger partial charge in [-0.1, -0.05) is 18.2 Å². The maximum Gasteiger partial charge on any atom is 0.300 e. The maximum atomic E-state index is 13.0. The van der Waals surface area contributed by atoms with Gasteiger partial charge < -0.3 is 9.84 Å². The van der Waals surface area contributed by atoms with Gasteiger partial charge in [-0.25, -0.2) is 0 Å². The SMILES string of the molecule is COc1ccc(N2C(=O)C(=O)/C(=C(\O)c3cccc([N+](=O)[O-])c3)C2c2cccs2)cc1. The number of benzene rings is 2. The molecule has 0 bridgehead atoms. The number of carbonyl (C=O) groups is 2. The molecular weight excluding hydrogens is 420 g/mol. The van der Waals surface area contributed by atoms with E-state index in [0.717, 1.165) is 0 Å². The molecule has 1 fully saturated rings. The van der Waals surface area contributed by atoms with Crippen LogP contribution in [0.2, 0.25) is 0 Å². The van der Waals surface area contributed by atoms with Crippen molar-refractivity contribution < 1.29 is 24.4 Å². The van der Waals surface area contributed by atoms with Crippen molar-refractivity contribution in [3.63, 3.8) is 0 Å². The van der Waals surface area contributed by atoms with Crippen LogP contribution in [0.4, 0.5) is 11.4 Å². The molecule has 2 heterocycles.